The normalized spacial score (nSPS) is 11.9. The standard InChI is InChI=1S/C6H2F2I.3C4H9.Sn/c7-5-2-1-4(9)3-6(5)8;3*1-3-4-2;/h2-3H;3*1,3-4H2,2H3;. The van der Waals surface area contributed by atoms with E-state index >= 15 is 0 Å². The summed E-state index contributed by atoms with van der Waals surface area (Å²) in [6, 6.07) is 2.98. The molecule has 0 bridgehead atoms. The van der Waals surface area contributed by atoms with Crippen LogP contribution in [-0.4, -0.2) is 18.4 Å². The zero-order valence-electron chi connectivity index (χ0n) is 14.2. The van der Waals surface area contributed by atoms with Gasteiger partial charge in [-0.05, 0) is 0 Å². The molecule has 0 aliphatic rings. The zero-order valence-corrected chi connectivity index (χ0v) is 19.2. The fourth-order valence-corrected chi connectivity index (χ4v) is 23.7. The minimum atomic E-state index is -2.65. The second-order valence-electron chi connectivity index (χ2n) is 6.34. The molecule has 0 nitrogen and oxygen atoms in total. The summed E-state index contributed by atoms with van der Waals surface area (Å²) in [5.41, 5.74) is 0. The molecule has 1 aromatic rings. The van der Waals surface area contributed by atoms with Gasteiger partial charge in [-0.3, -0.25) is 0 Å². The van der Waals surface area contributed by atoms with Gasteiger partial charge in [0.15, 0.2) is 0 Å². The predicted octanol–water partition coefficient (Wildman–Crippen LogP) is 6.63. The van der Waals surface area contributed by atoms with Crippen LogP contribution in [0.4, 0.5) is 8.78 Å². The van der Waals surface area contributed by atoms with Gasteiger partial charge in [0.2, 0.25) is 0 Å². The van der Waals surface area contributed by atoms with Crippen molar-refractivity contribution in [1.82, 2.24) is 0 Å². The van der Waals surface area contributed by atoms with Gasteiger partial charge >= 0.3 is 153 Å². The first kappa shape index (κ1) is 20.7. The molecule has 1 aromatic carbocycles. The van der Waals surface area contributed by atoms with E-state index in [2.05, 4.69) is 43.4 Å². The molecule has 0 saturated carbocycles. The first-order valence-electron chi connectivity index (χ1n) is 8.65. The van der Waals surface area contributed by atoms with E-state index < -0.39 is 30.0 Å². The van der Waals surface area contributed by atoms with E-state index in [1.165, 1.54) is 61.5 Å². The minimum absolute atomic E-state index is 0.652. The number of hydrogen-bond acceptors (Lipinski definition) is 0. The molecule has 0 atom stereocenters. The molecular formula is C18H29F2ISn. The van der Waals surface area contributed by atoms with Crippen molar-refractivity contribution in [2.24, 2.45) is 0 Å². The molecule has 0 saturated heterocycles. The van der Waals surface area contributed by atoms with Crippen LogP contribution in [0.3, 0.4) is 0 Å². The number of rotatable bonds is 10. The molecular weight excluding hydrogens is 500 g/mol. The van der Waals surface area contributed by atoms with Crippen molar-refractivity contribution in [3.8, 4) is 0 Å². The molecule has 0 aliphatic carbocycles. The van der Waals surface area contributed by atoms with E-state index in [4.69, 9.17) is 0 Å². The van der Waals surface area contributed by atoms with Crippen molar-refractivity contribution >= 4 is 44.5 Å². The van der Waals surface area contributed by atoms with Crippen molar-refractivity contribution in [1.29, 1.82) is 0 Å². The summed E-state index contributed by atoms with van der Waals surface area (Å²) in [6.07, 6.45) is 7.28. The van der Waals surface area contributed by atoms with Gasteiger partial charge in [-0.1, -0.05) is 0 Å². The van der Waals surface area contributed by atoms with Crippen LogP contribution in [0.1, 0.15) is 59.3 Å². The summed E-state index contributed by atoms with van der Waals surface area (Å²) >= 11 is -0.417. The van der Waals surface area contributed by atoms with E-state index in [9.17, 15) is 8.78 Å². The average Bonchev–Trinajstić information content (AvgIpc) is 2.51. The van der Waals surface area contributed by atoms with Gasteiger partial charge in [0.1, 0.15) is 0 Å². The third-order valence-electron chi connectivity index (χ3n) is 4.61. The van der Waals surface area contributed by atoms with Gasteiger partial charge in [0.05, 0.1) is 0 Å². The molecule has 126 valence electrons. The Bertz CT molecular complexity index is 441. The molecule has 0 aliphatic heterocycles. The zero-order chi connectivity index (χ0) is 16.6. The third-order valence-corrected chi connectivity index (χ3v) is 22.6. The van der Waals surface area contributed by atoms with Crippen molar-refractivity contribution in [3.63, 3.8) is 0 Å². The monoisotopic (exact) mass is 530 g/mol. The van der Waals surface area contributed by atoms with Gasteiger partial charge < -0.3 is 0 Å². The van der Waals surface area contributed by atoms with E-state index in [0.29, 0.717) is 0 Å². The molecule has 0 N–H and O–H groups in total. The number of benzene rings is 1. The second-order valence-corrected chi connectivity index (χ2v) is 20.6. The second kappa shape index (κ2) is 10.5. The predicted molar refractivity (Wildman–Crippen MR) is 104 cm³/mol. The topological polar surface area (TPSA) is 0 Å². The maximum absolute atomic E-state index is 13.9. The van der Waals surface area contributed by atoms with Crippen LogP contribution in [0.25, 0.3) is 0 Å². The molecule has 0 heterocycles. The average molecular weight is 529 g/mol. The Hall–Kier alpha value is 0.609. The van der Waals surface area contributed by atoms with Crippen LogP contribution in [0, 0.1) is 15.2 Å². The summed E-state index contributed by atoms with van der Waals surface area (Å²) < 4.78 is 33.5. The van der Waals surface area contributed by atoms with E-state index in [-0.39, 0.29) is 0 Å². The van der Waals surface area contributed by atoms with E-state index in [1.54, 1.807) is 6.07 Å². The Labute approximate surface area is 152 Å². The summed E-state index contributed by atoms with van der Waals surface area (Å²) in [6.45, 7) is 6.69. The molecule has 0 amide bonds. The van der Waals surface area contributed by atoms with Crippen molar-refractivity contribution in [2.75, 3.05) is 0 Å². The van der Waals surface area contributed by atoms with Gasteiger partial charge in [0, 0.05) is 0 Å². The SMILES string of the molecule is CCC[CH2][Sn]([CH2]CCC)([CH2]CCC)[c]1cc(F)c(F)cc1I. The fourth-order valence-electron chi connectivity index (χ4n) is 3.25. The molecule has 0 fully saturated rings. The first-order chi connectivity index (χ1) is 10.5. The molecule has 0 aromatic heterocycles. The van der Waals surface area contributed by atoms with Gasteiger partial charge in [-0.15, -0.1) is 0 Å². The van der Waals surface area contributed by atoms with Crippen LogP contribution in [0.2, 0.25) is 13.3 Å². The summed E-state index contributed by atoms with van der Waals surface area (Å²) in [4.78, 5) is 0. The first-order valence-corrected chi connectivity index (χ1v) is 17.2. The van der Waals surface area contributed by atoms with Crippen LogP contribution in [0.15, 0.2) is 12.1 Å². The van der Waals surface area contributed by atoms with Gasteiger partial charge in [-0.2, -0.15) is 0 Å². The molecule has 1 rings (SSSR count). The molecule has 4 heteroatoms. The van der Waals surface area contributed by atoms with E-state index in [0.717, 1.165) is 3.57 Å². The molecule has 0 unspecified atom stereocenters. The van der Waals surface area contributed by atoms with Crippen LogP contribution in [0.5, 0.6) is 0 Å². The summed E-state index contributed by atoms with van der Waals surface area (Å²) in [5, 5.41) is 0. The molecule has 0 radical (unpaired) electrons. The molecule has 22 heavy (non-hydrogen) atoms. The van der Waals surface area contributed by atoms with Crippen molar-refractivity contribution in [2.45, 2.75) is 72.6 Å². The summed E-state index contributed by atoms with van der Waals surface area (Å²) in [5.74, 6) is -1.35. The maximum atomic E-state index is 13.9. The third kappa shape index (κ3) is 5.60. The van der Waals surface area contributed by atoms with Crippen LogP contribution in [-0.2, 0) is 0 Å². The van der Waals surface area contributed by atoms with E-state index in [1.807, 2.05) is 0 Å². The number of unbranched alkanes of at least 4 members (excludes halogenated alkanes) is 3. The number of halogens is 3. The Balaban J connectivity index is 3.27. The Morgan fingerprint density at radius 3 is 1.64 bits per heavy atom. The van der Waals surface area contributed by atoms with Gasteiger partial charge in [0.25, 0.3) is 0 Å². The van der Waals surface area contributed by atoms with Gasteiger partial charge in [-0.25, -0.2) is 0 Å². The quantitative estimate of drug-likeness (QED) is 0.182. The number of hydrogen-bond donors (Lipinski definition) is 0. The summed E-state index contributed by atoms with van der Waals surface area (Å²) in [7, 11) is 0. The molecule has 0 spiro atoms. The van der Waals surface area contributed by atoms with Crippen molar-refractivity contribution < 1.29 is 8.78 Å². The Morgan fingerprint density at radius 2 is 1.23 bits per heavy atom. The van der Waals surface area contributed by atoms with Crippen LogP contribution >= 0.6 is 22.6 Å². The van der Waals surface area contributed by atoms with Crippen LogP contribution < -0.4 is 3.58 Å². The fraction of sp³-hybridized carbons (Fsp3) is 0.667. The van der Waals surface area contributed by atoms with Crippen molar-refractivity contribution in [3.05, 3.63) is 27.3 Å². The Kier molecular flexibility index (Phi) is 9.83. The Morgan fingerprint density at radius 1 is 0.818 bits per heavy atom.